The molecule has 5 atom stereocenters. The van der Waals surface area contributed by atoms with E-state index in [1.54, 1.807) is 18.2 Å². The van der Waals surface area contributed by atoms with Gasteiger partial charge in [-0.15, -0.1) is 0 Å². The van der Waals surface area contributed by atoms with Crippen LogP contribution in [-0.2, 0) is 23.8 Å². The number of amides is 1. The van der Waals surface area contributed by atoms with E-state index in [2.05, 4.69) is 5.32 Å². The van der Waals surface area contributed by atoms with Gasteiger partial charge in [0.15, 0.2) is 6.10 Å². The molecule has 8 nitrogen and oxygen atoms in total. The van der Waals surface area contributed by atoms with Crippen molar-refractivity contribution < 1.29 is 33.7 Å². The molecule has 4 rings (SSSR count). The van der Waals surface area contributed by atoms with Crippen LogP contribution in [0, 0.1) is 0 Å². The largest absolute Gasteiger partial charge is 0.467 e. The normalized spacial score (nSPS) is 35.3. The van der Waals surface area contributed by atoms with Crippen molar-refractivity contribution in [3.8, 4) is 0 Å². The van der Waals surface area contributed by atoms with E-state index in [9.17, 15) is 19.5 Å². The van der Waals surface area contributed by atoms with Crippen LogP contribution in [0.1, 0.15) is 30.6 Å². The number of allylic oxidation sites excluding steroid dienone is 1. The number of Topliss-reactive ketones (excluding diaryl/α,β-unsaturated/α-hetero) is 2. The maximum atomic E-state index is 13.2. The number of carbonyl (C=O) groups excluding carboxylic acids is 3. The third-order valence-electron chi connectivity index (χ3n) is 5.77. The molecule has 8 heteroatoms. The molecule has 0 saturated carbocycles. The average Bonchev–Trinajstić information content (AvgIpc) is 3.44. The van der Waals surface area contributed by atoms with Crippen molar-refractivity contribution in [3.05, 3.63) is 59.4 Å². The summed E-state index contributed by atoms with van der Waals surface area (Å²) in [6, 6.07) is 8.07. The molecule has 2 saturated heterocycles. The van der Waals surface area contributed by atoms with E-state index in [0.717, 1.165) is 6.42 Å². The van der Waals surface area contributed by atoms with Gasteiger partial charge in [0, 0.05) is 18.2 Å². The van der Waals surface area contributed by atoms with Crippen LogP contribution >= 0.6 is 0 Å². The quantitative estimate of drug-likeness (QED) is 0.310. The number of epoxide rings is 1. The highest BCUT2D eigenvalue weighted by atomic mass is 16.6. The summed E-state index contributed by atoms with van der Waals surface area (Å²) in [4.78, 5) is 39.3. The summed E-state index contributed by atoms with van der Waals surface area (Å²) in [7, 11) is 1.18. The van der Waals surface area contributed by atoms with Gasteiger partial charge in [-0.1, -0.05) is 49.4 Å². The molecule has 158 valence electrons. The third kappa shape index (κ3) is 2.68. The molecule has 1 spiro atoms. The molecule has 2 N–H and O–H groups in total. The molecule has 0 aliphatic carbocycles. The van der Waals surface area contributed by atoms with Crippen LogP contribution in [0.4, 0.5) is 0 Å². The van der Waals surface area contributed by atoms with E-state index in [1.807, 2.05) is 19.1 Å². The fourth-order valence-electron chi connectivity index (χ4n) is 4.02. The Labute approximate surface area is 173 Å². The van der Waals surface area contributed by atoms with Crippen LogP contribution in [0.25, 0.3) is 0 Å². The Morgan fingerprint density at radius 3 is 2.63 bits per heavy atom. The fraction of sp³-hybridized carbons (Fsp3) is 0.409. The Bertz CT molecular complexity index is 969. The highest BCUT2D eigenvalue weighted by Gasteiger charge is 2.74. The van der Waals surface area contributed by atoms with Gasteiger partial charge in [-0.2, -0.15) is 0 Å². The first-order valence-corrected chi connectivity index (χ1v) is 9.75. The zero-order valence-corrected chi connectivity index (χ0v) is 16.9. The second-order valence-electron chi connectivity index (χ2n) is 7.51. The van der Waals surface area contributed by atoms with Gasteiger partial charge in [0.05, 0.1) is 0 Å². The molecular formula is C22H23NO7. The van der Waals surface area contributed by atoms with Gasteiger partial charge < -0.3 is 24.6 Å². The lowest BCUT2D eigenvalue weighted by atomic mass is 9.85. The summed E-state index contributed by atoms with van der Waals surface area (Å²) in [5, 5.41) is 13.5. The highest BCUT2D eigenvalue weighted by molar-refractivity contribution is 6.23. The molecule has 2 fully saturated rings. The number of ketones is 2. The van der Waals surface area contributed by atoms with Crippen LogP contribution in [0.15, 0.2) is 53.8 Å². The van der Waals surface area contributed by atoms with Gasteiger partial charge in [0.25, 0.3) is 11.5 Å². The Morgan fingerprint density at radius 2 is 2.00 bits per heavy atom. The predicted octanol–water partition coefficient (Wildman–Crippen LogP) is 1.05. The number of ether oxygens (including phenoxy) is 3. The van der Waals surface area contributed by atoms with Gasteiger partial charge in [0.2, 0.25) is 17.3 Å². The highest BCUT2D eigenvalue weighted by Crippen LogP contribution is 2.47. The first kappa shape index (κ1) is 20.5. The number of hydrogen-bond donors (Lipinski definition) is 2. The van der Waals surface area contributed by atoms with Gasteiger partial charge in [0.1, 0.15) is 18.0 Å². The number of carbonyl (C=O) groups is 3. The predicted molar refractivity (Wildman–Crippen MR) is 104 cm³/mol. The first-order valence-electron chi connectivity index (χ1n) is 9.75. The van der Waals surface area contributed by atoms with Crippen molar-refractivity contribution in [2.24, 2.45) is 0 Å². The lowest BCUT2D eigenvalue weighted by Crippen LogP contribution is -2.60. The summed E-state index contributed by atoms with van der Waals surface area (Å²) in [6.07, 6.45) is 1.92. The summed E-state index contributed by atoms with van der Waals surface area (Å²) in [5.74, 6) is -2.13. The minimum atomic E-state index is -2.30. The standard InChI is InChI=1S/C22H23NO7/c1-4-5-11-14-16(29-14)15-12(2)17(24)21(30-15)19(26)22(28-3,23-20(21)27)18(25)13-9-7-6-8-10-13/h5-11,14,16,19,26H,4H2,1-3H3,(H,23,27)/b11-5-. The summed E-state index contributed by atoms with van der Waals surface area (Å²) in [6.45, 7) is 3.50. The lowest BCUT2D eigenvalue weighted by molar-refractivity contribution is -0.160. The van der Waals surface area contributed by atoms with Crippen molar-refractivity contribution in [1.29, 1.82) is 0 Å². The van der Waals surface area contributed by atoms with Crippen molar-refractivity contribution in [2.45, 2.75) is 49.9 Å². The summed E-state index contributed by atoms with van der Waals surface area (Å²) < 4.78 is 16.7. The summed E-state index contributed by atoms with van der Waals surface area (Å²) in [5.41, 5.74) is -4.07. The Balaban J connectivity index is 1.67. The van der Waals surface area contributed by atoms with E-state index in [-0.39, 0.29) is 23.0 Å². The van der Waals surface area contributed by atoms with E-state index in [4.69, 9.17) is 14.2 Å². The number of aliphatic hydroxyl groups is 1. The zero-order valence-electron chi connectivity index (χ0n) is 16.9. The van der Waals surface area contributed by atoms with Crippen LogP contribution in [-0.4, -0.2) is 59.3 Å². The maximum Gasteiger partial charge on any atom is 0.278 e. The molecule has 1 aromatic rings. The first-order chi connectivity index (χ1) is 14.3. The van der Waals surface area contributed by atoms with Crippen LogP contribution < -0.4 is 5.32 Å². The molecule has 30 heavy (non-hydrogen) atoms. The monoisotopic (exact) mass is 413 g/mol. The fourth-order valence-corrected chi connectivity index (χ4v) is 4.02. The summed E-state index contributed by atoms with van der Waals surface area (Å²) >= 11 is 0. The molecular weight excluding hydrogens is 390 g/mol. The molecule has 3 aliphatic rings. The molecule has 1 amide bonds. The number of aliphatic hydroxyl groups excluding tert-OH is 1. The lowest BCUT2D eigenvalue weighted by Gasteiger charge is -2.32. The maximum absolute atomic E-state index is 13.2. The SMILES string of the molecule is CC/C=C\C1OC1C1=C(C)C(=O)C2(O1)C(=O)NC(OC)(C(=O)c1ccccc1)C2O. The van der Waals surface area contributed by atoms with Gasteiger partial charge in [-0.3, -0.25) is 14.4 Å². The van der Waals surface area contributed by atoms with Crippen LogP contribution in [0.3, 0.4) is 0 Å². The Hall–Kier alpha value is -2.81. The number of methoxy groups -OCH3 is 1. The molecule has 0 bridgehead atoms. The number of benzene rings is 1. The minimum absolute atomic E-state index is 0.181. The van der Waals surface area contributed by atoms with E-state index >= 15 is 0 Å². The van der Waals surface area contributed by atoms with E-state index in [1.165, 1.54) is 26.2 Å². The molecule has 3 aliphatic heterocycles. The van der Waals surface area contributed by atoms with Gasteiger partial charge in [-0.05, 0) is 13.3 Å². The second kappa shape index (κ2) is 7.16. The van der Waals surface area contributed by atoms with Crippen molar-refractivity contribution in [3.63, 3.8) is 0 Å². The van der Waals surface area contributed by atoms with Gasteiger partial charge in [-0.25, -0.2) is 0 Å². The molecule has 3 heterocycles. The molecule has 5 unspecified atom stereocenters. The van der Waals surface area contributed by atoms with Crippen LogP contribution in [0.2, 0.25) is 0 Å². The zero-order chi connectivity index (χ0) is 21.7. The van der Waals surface area contributed by atoms with E-state index < -0.39 is 41.0 Å². The number of rotatable bonds is 6. The third-order valence-corrected chi connectivity index (χ3v) is 5.77. The molecule has 1 aromatic carbocycles. The molecule has 0 aromatic heterocycles. The van der Waals surface area contributed by atoms with Crippen molar-refractivity contribution in [2.75, 3.05) is 7.11 Å². The van der Waals surface area contributed by atoms with E-state index in [0.29, 0.717) is 0 Å². The number of nitrogens with one attached hydrogen (secondary N) is 1. The minimum Gasteiger partial charge on any atom is -0.467 e. The topological polar surface area (TPSA) is 114 Å². The smallest absolute Gasteiger partial charge is 0.278 e. The Morgan fingerprint density at radius 1 is 1.30 bits per heavy atom. The second-order valence-corrected chi connectivity index (χ2v) is 7.51. The van der Waals surface area contributed by atoms with Crippen molar-refractivity contribution >= 4 is 17.5 Å². The van der Waals surface area contributed by atoms with Gasteiger partial charge >= 0.3 is 0 Å². The molecule has 0 radical (unpaired) electrons. The number of hydrogen-bond acceptors (Lipinski definition) is 7. The van der Waals surface area contributed by atoms with Crippen LogP contribution in [0.5, 0.6) is 0 Å². The average molecular weight is 413 g/mol. The van der Waals surface area contributed by atoms with Crippen molar-refractivity contribution in [1.82, 2.24) is 5.32 Å². The Kier molecular flexibility index (Phi) is 4.88.